The molecule has 27 heavy (non-hydrogen) atoms. The maximum absolute atomic E-state index is 13.4. The molecule has 5 nitrogen and oxygen atoms in total. The second kappa shape index (κ2) is 6.57. The van der Waals surface area contributed by atoms with E-state index in [1.54, 1.807) is 0 Å². The van der Waals surface area contributed by atoms with Crippen molar-refractivity contribution in [3.05, 3.63) is 65.3 Å². The Morgan fingerprint density at radius 3 is 2.63 bits per heavy atom. The molecule has 3 heterocycles. The van der Waals surface area contributed by atoms with Crippen LogP contribution in [0.25, 0.3) is 11.5 Å². The fraction of sp³-hybridized carbons (Fsp3) is 0.222. The molecule has 0 spiro atoms. The van der Waals surface area contributed by atoms with Crippen molar-refractivity contribution < 1.29 is 26.8 Å². The highest BCUT2D eigenvalue weighted by Gasteiger charge is 2.28. The molecule has 140 valence electrons. The molecular formula is C18H13F4N3O2. The normalized spacial score (nSPS) is 13.9. The summed E-state index contributed by atoms with van der Waals surface area (Å²) in [6, 6.07) is 5.64. The third-order valence-corrected chi connectivity index (χ3v) is 4.33. The molecule has 0 saturated heterocycles. The van der Waals surface area contributed by atoms with Crippen molar-refractivity contribution in [2.75, 3.05) is 6.54 Å². The van der Waals surface area contributed by atoms with Gasteiger partial charge in [-0.05, 0) is 24.3 Å². The van der Waals surface area contributed by atoms with Crippen LogP contribution in [0, 0.1) is 11.6 Å². The Labute approximate surface area is 150 Å². The number of amides is 1. The highest BCUT2D eigenvalue weighted by Crippen LogP contribution is 2.28. The van der Waals surface area contributed by atoms with Crippen molar-refractivity contribution in [1.29, 1.82) is 0 Å². The predicted molar refractivity (Wildman–Crippen MR) is 86.0 cm³/mol. The van der Waals surface area contributed by atoms with E-state index in [4.69, 9.17) is 4.42 Å². The molecule has 0 bridgehead atoms. The van der Waals surface area contributed by atoms with Crippen LogP contribution in [0.2, 0.25) is 0 Å². The molecular weight excluding hydrogens is 366 g/mol. The molecule has 0 aliphatic carbocycles. The number of fused-ring (bicyclic) bond motifs is 1. The molecule has 4 rings (SSSR count). The van der Waals surface area contributed by atoms with Crippen LogP contribution in [0.15, 0.2) is 40.9 Å². The fourth-order valence-corrected chi connectivity index (χ4v) is 3.08. The molecule has 0 unspecified atom stereocenters. The number of oxazole rings is 1. The van der Waals surface area contributed by atoms with Gasteiger partial charge in [-0.2, -0.15) is 8.78 Å². The van der Waals surface area contributed by atoms with E-state index >= 15 is 0 Å². The summed E-state index contributed by atoms with van der Waals surface area (Å²) in [5.41, 5.74) is 0.458. The van der Waals surface area contributed by atoms with Gasteiger partial charge < -0.3 is 9.32 Å². The van der Waals surface area contributed by atoms with E-state index in [0.29, 0.717) is 22.4 Å². The average molecular weight is 379 g/mol. The Balaban J connectivity index is 1.59. The lowest BCUT2D eigenvalue weighted by molar-refractivity contribution is 0.0551. The number of carbonyl (C=O) groups excluding carboxylic acids is 1. The Hall–Kier alpha value is -3.10. The minimum absolute atomic E-state index is 0.0451. The van der Waals surface area contributed by atoms with Gasteiger partial charge in [0.25, 0.3) is 5.91 Å². The molecule has 0 N–H and O–H groups in total. The van der Waals surface area contributed by atoms with Crippen LogP contribution in [0.1, 0.15) is 28.5 Å². The van der Waals surface area contributed by atoms with E-state index in [9.17, 15) is 22.4 Å². The van der Waals surface area contributed by atoms with E-state index in [-0.39, 0.29) is 30.2 Å². The summed E-state index contributed by atoms with van der Waals surface area (Å²) >= 11 is 0. The highest BCUT2D eigenvalue weighted by atomic mass is 19.3. The lowest BCUT2D eigenvalue weighted by atomic mass is 10.1. The molecule has 0 radical (unpaired) electrons. The van der Waals surface area contributed by atoms with Crippen molar-refractivity contribution in [1.82, 2.24) is 14.5 Å². The van der Waals surface area contributed by atoms with Crippen LogP contribution in [0.3, 0.4) is 0 Å². The molecule has 3 aromatic rings. The van der Waals surface area contributed by atoms with Crippen molar-refractivity contribution in [3.8, 4) is 11.5 Å². The van der Waals surface area contributed by atoms with Crippen molar-refractivity contribution in [3.63, 3.8) is 0 Å². The van der Waals surface area contributed by atoms with Crippen LogP contribution < -0.4 is 0 Å². The van der Waals surface area contributed by atoms with Gasteiger partial charge in [0.1, 0.15) is 28.8 Å². The smallest absolute Gasteiger partial charge is 0.319 e. The summed E-state index contributed by atoms with van der Waals surface area (Å²) < 4.78 is 58.9. The van der Waals surface area contributed by atoms with E-state index < -0.39 is 24.1 Å². The van der Waals surface area contributed by atoms with Gasteiger partial charge in [-0.25, -0.2) is 13.8 Å². The van der Waals surface area contributed by atoms with E-state index in [2.05, 4.69) is 4.98 Å². The molecule has 9 heteroatoms. The second-order valence-electron chi connectivity index (χ2n) is 6.10. The average Bonchev–Trinajstić information content (AvgIpc) is 3.26. The lowest BCUT2D eigenvalue weighted by Crippen LogP contribution is -2.36. The summed E-state index contributed by atoms with van der Waals surface area (Å²) in [5.74, 6) is -1.52. The van der Waals surface area contributed by atoms with Gasteiger partial charge in [0.15, 0.2) is 0 Å². The van der Waals surface area contributed by atoms with Crippen LogP contribution in [-0.2, 0) is 13.0 Å². The van der Waals surface area contributed by atoms with E-state index in [1.807, 2.05) is 0 Å². The molecule has 0 fully saturated rings. The topological polar surface area (TPSA) is 51.3 Å². The first-order valence-electron chi connectivity index (χ1n) is 8.11. The van der Waals surface area contributed by atoms with Crippen LogP contribution >= 0.6 is 0 Å². The van der Waals surface area contributed by atoms with Gasteiger partial charge in [-0.15, -0.1) is 0 Å². The van der Waals surface area contributed by atoms with Gasteiger partial charge in [0.2, 0.25) is 5.89 Å². The Kier molecular flexibility index (Phi) is 4.21. The first-order valence-corrected chi connectivity index (χ1v) is 8.11. The zero-order valence-electron chi connectivity index (χ0n) is 13.8. The summed E-state index contributed by atoms with van der Waals surface area (Å²) in [6.07, 6.45) is 1.46. The SMILES string of the molecule is O=C(c1cccn1C(F)F)N1CCc2oc(-c3cc(F)cc(F)c3)nc2C1. The highest BCUT2D eigenvalue weighted by molar-refractivity contribution is 5.93. The zero-order chi connectivity index (χ0) is 19.1. The van der Waals surface area contributed by atoms with Crippen LogP contribution in [-0.4, -0.2) is 26.9 Å². The van der Waals surface area contributed by atoms with Crippen LogP contribution in [0.4, 0.5) is 17.6 Å². The van der Waals surface area contributed by atoms with Gasteiger partial charge >= 0.3 is 6.55 Å². The summed E-state index contributed by atoms with van der Waals surface area (Å²) in [4.78, 5) is 18.2. The zero-order valence-corrected chi connectivity index (χ0v) is 13.8. The Bertz CT molecular complexity index is 992. The fourth-order valence-electron chi connectivity index (χ4n) is 3.08. The van der Waals surface area contributed by atoms with Gasteiger partial charge in [-0.3, -0.25) is 9.36 Å². The number of carbonyl (C=O) groups is 1. The Morgan fingerprint density at radius 2 is 1.93 bits per heavy atom. The van der Waals surface area contributed by atoms with Crippen molar-refractivity contribution >= 4 is 5.91 Å². The van der Waals surface area contributed by atoms with E-state index in [0.717, 1.165) is 24.4 Å². The predicted octanol–water partition coefficient (Wildman–Crippen LogP) is 4.01. The van der Waals surface area contributed by atoms with Crippen molar-refractivity contribution in [2.45, 2.75) is 19.5 Å². The van der Waals surface area contributed by atoms with Crippen LogP contribution in [0.5, 0.6) is 0 Å². The maximum atomic E-state index is 13.4. The monoisotopic (exact) mass is 379 g/mol. The quantitative estimate of drug-likeness (QED) is 0.646. The number of rotatable bonds is 3. The number of halogens is 4. The summed E-state index contributed by atoms with van der Waals surface area (Å²) in [6.45, 7) is -2.50. The lowest BCUT2D eigenvalue weighted by Gasteiger charge is -2.25. The summed E-state index contributed by atoms with van der Waals surface area (Å²) in [5, 5.41) is 0. The standard InChI is InChI=1S/C18H13F4N3O2/c19-11-6-10(7-12(20)8-11)16-23-13-9-24(5-3-15(13)27-16)17(26)14-2-1-4-25(14)18(21)22/h1-2,4,6-8,18H,3,5,9H2. The first kappa shape index (κ1) is 17.3. The van der Waals surface area contributed by atoms with Gasteiger partial charge in [0.05, 0.1) is 6.54 Å². The minimum atomic E-state index is -2.82. The van der Waals surface area contributed by atoms with Gasteiger partial charge in [-0.1, -0.05) is 0 Å². The number of alkyl halides is 2. The first-order chi connectivity index (χ1) is 12.9. The van der Waals surface area contributed by atoms with Crippen molar-refractivity contribution in [2.24, 2.45) is 0 Å². The van der Waals surface area contributed by atoms with E-state index in [1.165, 1.54) is 17.0 Å². The minimum Gasteiger partial charge on any atom is -0.441 e. The largest absolute Gasteiger partial charge is 0.441 e. The molecule has 1 aliphatic heterocycles. The third-order valence-electron chi connectivity index (χ3n) is 4.33. The number of aromatic nitrogens is 2. The Morgan fingerprint density at radius 1 is 1.19 bits per heavy atom. The second-order valence-corrected chi connectivity index (χ2v) is 6.10. The summed E-state index contributed by atoms with van der Waals surface area (Å²) in [7, 11) is 0. The number of hydrogen-bond acceptors (Lipinski definition) is 3. The number of hydrogen-bond donors (Lipinski definition) is 0. The maximum Gasteiger partial charge on any atom is 0.319 e. The number of benzene rings is 1. The molecule has 1 amide bonds. The molecule has 1 aromatic carbocycles. The van der Waals surface area contributed by atoms with Gasteiger partial charge in [0, 0.05) is 30.8 Å². The molecule has 0 saturated carbocycles. The third kappa shape index (κ3) is 3.20. The molecule has 2 aromatic heterocycles. The number of nitrogens with zero attached hydrogens (tertiary/aromatic N) is 3. The molecule has 1 aliphatic rings. The molecule has 0 atom stereocenters.